The lowest BCUT2D eigenvalue weighted by Crippen LogP contribution is -1.96. The Kier molecular flexibility index (Phi) is 3.34. The predicted molar refractivity (Wildman–Crippen MR) is 47.9 cm³/mol. The van der Waals surface area contributed by atoms with Gasteiger partial charge in [0.1, 0.15) is 5.69 Å². The second kappa shape index (κ2) is 4.30. The van der Waals surface area contributed by atoms with E-state index >= 15 is 0 Å². The van der Waals surface area contributed by atoms with Crippen molar-refractivity contribution in [3.05, 3.63) is 29.6 Å². The van der Waals surface area contributed by atoms with E-state index in [1.54, 1.807) is 6.07 Å². The van der Waals surface area contributed by atoms with Gasteiger partial charge >= 0.3 is 0 Å². The maximum Gasteiger partial charge on any atom is 0.280 e. The van der Waals surface area contributed by atoms with Crippen LogP contribution in [0.1, 0.15) is 43.9 Å². The molecule has 0 aromatic carbocycles. The van der Waals surface area contributed by atoms with E-state index in [9.17, 15) is 8.78 Å². The van der Waals surface area contributed by atoms with Gasteiger partial charge in [-0.3, -0.25) is 4.98 Å². The molecule has 0 saturated carbocycles. The Bertz CT molecular complexity index is 273. The van der Waals surface area contributed by atoms with Gasteiger partial charge in [-0.15, -0.1) is 0 Å². The van der Waals surface area contributed by atoms with E-state index in [2.05, 4.69) is 4.98 Å². The highest BCUT2D eigenvalue weighted by Crippen LogP contribution is 2.22. The lowest BCUT2D eigenvalue weighted by molar-refractivity contribution is 0.146. The molecule has 1 heterocycles. The van der Waals surface area contributed by atoms with E-state index in [0.717, 1.165) is 12.0 Å². The molecule has 0 radical (unpaired) electrons. The van der Waals surface area contributed by atoms with Crippen LogP contribution >= 0.6 is 0 Å². The van der Waals surface area contributed by atoms with Crippen molar-refractivity contribution >= 4 is 0 Å². The zero-order valence-corrected chi connectivity index (χ0v) is 7.80. The van der Waals surface area contributed by atoms with E-state index in [1.165, 1.54) is 12.3 Å². The highest BCUT2D eigenvalue weighted by Gasteiger charge is 2.10. The molecule has 1 nitrogen and oxygen atoms in total. The first-order chi connectivity index (χ1) is 6.15. The number of hydrogen-bond donors (Lipinski definition) is 0. The molecule has 13 heavy (non-hydrogen) atoms. The van der Waals surface area contributed by atoms with Crippen molar-refractivity contribution in [2.24, 2.45) is 0 Å². The standard InChI is InChI=1S/C10H13F2N/c1-3-7(2)8-4-5-13-9(6-8)10(11)12/h4-7,10H,3H2,1-2H3. The Morgan fingerprint density at radius 2 is 2.15 bits per heavy atom. The first kappa shape index (κ1) is 10.1. The summed E-state index contributed by atoms with van der Waals surface area (Å²) in [6.45, 7) is 4.05. The summed E-state index contributed by atoms with van der Waals surface area (Å²) in [7, 11) is 0. The zero-order valence-electron chi connectivity index (χ0n) is 7.80. The Morgan fingerprint density at radius 1 is 1.46 bits per heavy atom. The van der Waals surface area contributed by atoms with Crippen molar-refractivity contribution in [2.75, 3.05) is 0 Å². The molecule has 3 heteroatoms. The molecule has 0 aliphatic rings. The van der Waals surface area contributed by atoms with Gasteiger partial charge in [0.05, 0.1) is 0 Å². The topological polar surface area (TPSA) is 12.9 Å². The fraction of sp³-hybridized carbons (Fsp3) is 0.500. The Hall–Kier alpha value is -0.990. The number of pyridine rings is 1. The van der Waals surface area contributed by atoms with Crippen LogP contribution in [-0.2, 0) is 0 Å². The second-order valence-corrected chi connectivity index (χ2v) is 3.12. The van der Waals surface area contributed by atoms with Crippen molar-refractivity contribution in [2.45, 2.75) is 32.6 Å². The van der Waals surface area contributed by atoms with Crippen LogP contribution in [0, 0.1) is 0 Å². The van der Waals surface area contributed by atoms with Crippen LogP contribution in [0.15, 0.2) is 18.3 Å². The Labute approximate surface area is 76.8 Å². The van der Waals surface area contributed by atoms with Gasteiger partial charge in [-0.1, -0.05) is 13.8 Å². The normalized spacial score (nSPS) is 13.3. The van der Waals surface area contributed by atoms with Crippen LogP contribution in [0.3, 0.4) is 0 Å². The highest BCUT2D eigenvalue weighted by molar-refractivity contribution is 5.20. The maximum absolute atomic E-state index is 12.3. The van der Waals surface area contributed by atoms with Crippen LogP contribution < -0.4 is 0 Å². The van der Waals surface area contributed by atoms with Gasteiger partial charge in [-0.05, 0) is 30.0 Å². The highest BCUT2D eigenvalue weighted by atomic mass is 19.3. The summed E-state index contributed by atoms with van der Waals surface area (Å²) in [5.74, 6) is 0.320. The Balaban J connectivity index is 2.91. The molecule has 1 atom stereocenters. The molecule has 72 valence electrons. The third-order valence-electron chi connectivity index (χ3n) is 2.21. The average molecular weight is 185 g/mol. The van der Waals surface area contributed by atoms with Crippen molar-refractivity contribution in [1.82, 2.24) is 4.98 Å². The van der Waals surface area contributed by atoms with E-state index in [0.29, 0.717) is 5.92 Å². The average Bonchev–Trinajstić information content (AvgIpc) is 2.17. The summed E-state index contributed by atoms with van der Waals surface area (Å²) in [5, 5.41) is 0. The third-order valence-corrected chi connectivity index (χ3v) is 2.21. The van der Waals surface area contributed by atoms with Gasteiger partial charge in [-0.2, -0.15) is 0 Å². The number of hydrogen-bond acceptors (Lipinski definition) is 1. The van der Waals surface area contributed by atoms with Gasteiger partial charge in [0, 0.05) is 6.20 Å². The fourth-order valence-corrected chi connectivity index (χ4v) is 1.13. The zero-order chi connectivity index (χ0) is 9.84. The minimum absolute atomic E-state index is 0.127. The lowest BCUT2D eigenvalue weighted by atomic mass is 9.99. The number of rotatable bonds is 3. The molecular formula is C10H13F2N. The Morgan fingerprint density at radius 3 is 2.69 bits per heavy atom. The summed E-state index contributed by atoms with van der Waals surface area (Å²) in [6.07, 6.45) is -0.0700. The fourth-order valence-electron chi connectivity index (χ4n) is 1.13. The maximum atomic E-state index is 12.3. The summed E-state index contributed by atoms with van der Waals surface area (Å²) in [4.78, 5) is 3.61. The quantitative estimate of drug-likeness (QED) is 0.701. The van der Waals surface area contributed by atoms with Crippen LogP contribution in [-0.4, -0.2) is 4.98 Å². The van der Waals surface area contributed by atoms with Crippen molar-refractivity contribution in [3.8, 4) is 0 Å². The van der Waals surface area contributed by atoms with E-state index < -0.39 is 6.43 Å². The van der Waals surface area contributed by atoms with Gasteiger partial charge < -0.3 is 0 Å². The number of aromatic nitrogens is 1. The SMILES string of the molecule is CCC(C)c1ccnc(C(F)F)c1. The van der Waals surface area contributed by atoms with Crippen molar-refractivity contribution < 1.29 is 8.78 Å². The number of nitrogens with zero attached hydrogens (tertiary/aromatic N) is 1. The molecule has 1 aromatic heterocycles. The predicted octanol–water partition coefficient (Wildman–Crippen LogP) is 3.53. The van der Waals surface area contributed by atoms with Crippen LogP contribution in [0.5, 0.6) is 0 Å². The van der Waals surface area contributed by atoms with E-state index in [-0.39, 0.29) is 5.69 Å². The number of halogens is 2. The van der Waals surface area contributed by atoms with Crippen molar-refractivity contribution in [1.29, 1.82) is 0 Å². The number of alkyl halides is 2. The monoisotopic (exact) mass is 185 g/mol. The molecule has 0 bridgehead atoms. The first-order valence-electron chi connectivity index (χ1n) is 4.39. The molecule has 1 unspecified atom stereocenters. The second-order valence-electron chi connectivity index (χ2n) is 3.12. The minimum Gasteiger partial charge on any atom is -0.255 e. The molecule has 1 rings (SSSR count). The van der Waals surface area contributed by atoms with Gasteiger partial charge in [-0.25, -0.2) is 8.78 Å². The molecule has 0 aliphatic carbocycles. The molecule has 0 amide bonds. The molecular weight excluding hydrogens is 172 g/mol. The molecule has 0 N–H and O–H groups in total. The van der Waals surface area contributed by atoms with Gasteiger partial charge in [0.15, 0.2) is 0 Å². The minimum atomic E-state index is -2.47. The first-order valence-corrected chi connectivity index (χ1v) is 4.39. The molecule has 0 aliphatic heterocycles. The van der Waals surface area contributed by atoms with Crippen molar-refractivity contribution in [3.63, 3.8) is 0 Å². The molecule has 1 aromatic rings. The summed E-state index contributed by atoms with van der Waals surface area (Å²) >= 11 is 0. The largest absolute Gasteiger partial charge is 0.280 e. The third kappa shape index (κ3) is 2.47. The molecule has 0 fully saturated rings. The van der Waals surface area contributed by atoms with Crippen LogP contribution in [0.25, 0.3) is 0 Å². The lowest BCUT2D eigenvalue weighted by Gasteiger charge is -2.09. The summed E-state index contributed by atoms with van der Waals surface area (Å²) in [6, 6.07) is 3.28. The van der Waals surface area contributed by atoms with Gasteiger partial charge in [0.2, 0.25) is 0 Å². The van der Waals surface area contributed by atoms with Crippen LogP contribution in [0.4, 0.5) is 8.78 Å². The smallest absolute Gasteiger partial charge is 0.255 e. The molecule has 0 spiro atoms. The van der Waals surface area contributed by atoms with Crippen LogP contribution in [0.2, 0.25) is 0 Å². The van der Waals surface area contributed by atoms with E-state index in [4.69, 9.17) is 0 Å². The molecule has 0 saturated heterocycles. The summed E-state index contributed by atoms with van der Waals surface area (Å²) < 4.78 is 24.5. The van der Waals surface area contributed by atoms with E-state index in [1.807, 2.05) is 13.8 Å². The van der Waals surface area contributed by atoms with Gasteiger partial charge in [0.25, 0.3) is 6.43 Å². The summed E-state index contributed by atoms with van der Waals surface area (Å²) in [5.41, 5.74) is 0.811.